The lowest BCUT2D eigenvalue weighted by Gasteiger charge is -2.19. The quantitative estimate of drug-likeness (QED) is 0.782. The summed E-state index contributed by atoms with van der Waals surface area (Å²) in [7, 11) is 0. The topological polar surface area (TPSA) is 45.2 Å². The molecule has 1 heterocycles. The van der Waals surface area contributed by atoms with Gasteiger partial charge in [0.05, 0.1) is 17.8 Å². The van der Waals surface area contributed by atoms with Gasteiger partial charge in [0.15, 0.2) is 0 Å². The Morgan fingerprint density at radius 1 is 1.57 bits per heavy atom. The fourth-order valence-corrected chi connectivity index (χ4v) is 1.96. The second-order valence-corrected chi connectivity index (χ2v) is 4.71. The molecule has 0 aromatic carbocycles. The van der Waals surface area contributed by atoms with Crippen molar-refractivity contribution in [1.29, 1.82) is 0 Å². The molecule has 1 rings (SSSR count). The largest absolute Gasteiger partial charge is 0.395 e. The number of aromatic nitrogens is 1. The van der Waals surface area contributed by atoms with Crippen LogP contribution in [0.15, 0.2) is 5.51 Å². The van der Waals surface area contributed by atoms with E-state index in [4.69, 9.17) is 5.11 Å². The molecule has 0 aliphatic carbocycles. The van der Waals surface area contributed by atoms with Crippen LogP contribution in [-0.4, -0.2) is 22.7 Å². The molecule has 1 aromatic rings. The monoisotopic (exact) mass is 214 g/mol. The Hall–Kier alpha value is -0.450. The maximum Gasteiger partial charge on any atom is 0.0798 e. The Morgan fingerprint density at radius 2 is 2.29 bits per heavy atom. The Kier molecular flexibility index (Phi) is 4.51. The Labute approximate surface area is 89.2 Å². The smallest absolute Gasteiger partial charge is 0.0798 e. The minimum atomic E-state index is 0.177. The van der Waals surface area contributed by atoms with Gasteiger partial charge in [0, 0.05) is 17.5 Å². The fraction of sp³-hybridized carbons (Fsp3) is 0.700. The van der Waals surface area contributed by atoms with Crippen LogP contribution in [0.25, 0.3) is 0 Å². The van der Waals surface area contributed by atoms with Crippen LogP contribution in [0.1, 0.15) is 24.4 Å². The lowest BCUT2D eigenvalue weighted by Crippen LogP contribution is -2.36. The number of aryl methyl sites for hydroxylation is 1. The van der Waals surface area contributed by atoms with Crippen molar-refractivity contribution in [1.82, 2.24) is 10.3 Å². The van der Waals surface area contributed by atoms with Crippen molar-refractivity contribution in [3.05, 3.63) is 16.1 Å². The third-order valence-electron chi connectivity index (χ3n) is 2.37. The third kappa shape index (κ3) is 3.04. The van der Waals surface area contributed by atoms with Crippen molar-refractivity contribution in [3.8, 4) is 0 Å². The highest BCUT2D eigenvalue weighted by Gasteiger charge is 2.11. The molecule has 4 heteroatoms. The molecular formula is C10H18N2OS. The maximum absolute atomic E-state index is 9.12. The summed E-state index contributed by atoms with van der Waals surface area (Å²) in [5.74, 6) is 0.452. The zero-order valence-corrected chi connectivity index (χ0v) is 9.77. The zero-order chi connectivity index (χ0) is 10.6. The third-order valence-corrected chi connectivity index (χ3v) is 3.31. The second-order valence-electron chi connectivity index (χ2n) is 3.77. The van der Waals surface area contributed by atoms with Crippen molar-refractivity contribution >= 4 is 11.3 Å². The molecular weight excluding hydrogens is 196 g/mol. The number of rotatable bonds is 5. The van der Waals surface area contributed by atoms with Gasteiger partial charge in [-0.25, -0.2) is 4.98 Å². The average molecular weight is 214 g/mol. The number of hydrogen-bond acceptors (Lipinski definition) is 4. The van der Waals surface area contributed by atoms with Gasteiger partial charge >= 0.3 is 0 Å². The summed E-state index contributed by atoms with van der Waals surface area (Å²) >= 11 is 1.66. The van der Waals surface area contributed by atoms with Gasteiger partial charge in [-0.15, -0.1) is 11.3 Å². The van der Waals surface area contributed by atoms with Gasteiger partial charge in [0.1, 0.15) is 0 Å². The van der Waals surface area contributed by atoms with E-state index in [0.717, 1.165) is 12.2 Å². The van der Waals surface area contributed by atoms with E-state index in [2.05, 4.69) is 24.1 Å². The standard InChI is InChI=1S/C10H18N2OS/c1-7(2)9(5-13)11-4-10-8(3)12-6-14-10/h6-7,9,11,13H,4-5H2,1-3H3/t9-/m1/s1. The van der Waals surface area contributed by atoms with Crippen molar-refractivity contribution in [2.24, 2.45) is 5.92 Å². The highest BCUT2D eigenvalue weighted by atomic mass is 32.1. The van der Waals surface area contributed by atoms with Crippen LogP contribution in [-0.2, 0) is 6.54 Å². The second kappa shape index (κ2) is 5.44. The summed E-state index contributed by atoms with van der Waals surface area (Å²) in [4.78, 5) is 5.44. The molecule has 14 heavy (non-hydrogen) atoms. The zero-order valence-electron chi connectivity index (χ0n) is 8.95. The van der Waals surface area contributed by atoms with E-state index < -0.39 is 0 Å². The van der Waals surface area contributed by atoms with Crippen LogP contribution >= 0.6 is 11.3 Å². The van der Waals surface area contributed by atoms with Crippen molar-refractivity contribution in [2.75, 3.05) is 6.61 Å². The summed E-state index contributed by atoms with van der Waals surface area (Å²) in [5.41, 5.74) is 2.94. The van der Waals surface area contributed by atoms with E-state index in [0.29, 0.717) is 5.92 Å². The Balaban J connectivity index is 2.43. The first kappa shape index (κ1) is 11.6. The first-order valence-corrected chi connectivity index (χ1v) is 5.76. The molecule has 1 aromatic heterocycles. The van der Waals surface area contributed by atoms with Crippen LogP contribution in [0.2, 0.25) is 0 Å². The molecule has 0 saturated heterocycles. The first-order valence-electron chi connectivity index (χ1n) is 4.88. The number of thiazole rings is 1. The van der Waals surface area contributed by atoms with Crippen LogP contribution in [0.4, 0.5) is 0 Å². The van der Waals surface area contributed by atoms with Gasteiger partial charge in [-0.05, 0) is 12.8 Å². The number of hydrogen-bond donors (Lipinski definition) is 2. The summed E-state index contributed by atoms with van der Waals surface area (Å²) < 4.78 is 0. The Bertz CT molecular complexity index is 273. The molecule has 0 amide bonds. The summed E-state index contributed by atoms with van der Waals surface area (Å²) in [6.07, 6.45) is 0. The molecule has 0 fully saturated rings. The molecule has 0 aliphatic heterocycles. The normalized spacial score (nSPS) is 13.5. The van der Waals surface area contributed by atoms with E-state index in [-0.39, 0.29) is 12.6 Å². The molecule has 0 unspecified atom stereocenters. The summed E-state index contributed by atoms with van der Waals surface area (Å²) in [6, 6.07) is 0.177. The fourth-order valence-electron chi connectivity index (χ4n) is 1.23. The molecule has 0 radical (unpaired) electrons. The van der Waals surface area contributed by atoms with Crippen molar-refractivity contribution in [2.45, 2.75) is 33.4 Å². The molecule has 80 valence electrons. The predicted octanol–water partition coefficient (Wildman–Crippen LogP) is 1.56. The minimum Gasteiger partial charge on any atom is -0.395 e. The van der Waals surface area contributed by atoms with Gasteiger partial charge in [0.25, 0.3) is 0 Å². The lowest BCUT2D eigenvalue weighted by molar-refractivity contribution is 0.210. The molecule has 0 saturated carbocycles. The van der Waals surface area contributed by atoms with Gasteiger partial charge in [-0.2, -0.15) is 0 Å². The highest BCUT2D eigenvalue weighted by molar-refractivity contribution is 7.09. The van der Waals surface area contributed by atoms with E-state index in [9.17, 15) is 0 Å². The lowest BCUT2D eigenvalue weighted by atomic mass is 10.1. The average Bonchev–Trinajstić information content (AvgIpc) is 2.52. The van der Waals surface area contributed by atoms with E-state index >= 15 is 0 Å². The molecule has 0 bridgehead atoms. The highest BCUT2D eigenvalue weighted by Crippen LogP contribution is 2.12. The molecule has 1 atom stereocenters. The number of nitrogens with zero attached hydrogens (tertiary/aromatic N) is 1. The predicted molar refractivity (Wildman–Crippen MR) is 59.4 cm³/mol. The number of aliphatic hydroxyl groups is 1. The maximum atomic E-state index is 9.12. The van der Waals surface area contributed by atoms with E-state index in [1.165, 1.54) is 4.88 Å². The van der Waals surface area contributed by atoms with Crippen molar-refractivity contribution < 1.29 is 5.11 Å². The molecule has 0 spiro atoms. The Morgan fingerprint density at radius 3 is 2.71 bits per heavy atom. The van der Waals surface area contributed by atoms with E-state index in [1.807, 2.05) is 12.4 Å². The molecule has 3 nitrogen and oxygen atoms in total. The summed E-state index contributed by atoms with van der Waals surface area (Å²) in [6.45, 7) is 7.22. The van der Waals surface area contributed by atoms with Crippen molar-refractivity contribution in [3.63, 3.8) is 0 Å². The van der Waals surface area contributed by atoms with Crippen LogP contribution in [0.5, 0.6) is 0 Å². The summed E-state index contributed by atoms with van der Waals surface area (Å²) in [5, 5.41) is 12.5. The first-order chi connectivity index (χ1) is 6.65. The van der Waals surface area contributed by atoms with Gasteiger partial charge in [0.2, 0.25) is 0 Å². The van der Waals surface area contributed by atoms with Crippen LogP contribution in [0.3, 0.4) is 0 Å². The SMILES string of the molecule is Cc1ncsc1CN[C@H](CO)C(C)C. The van der Waals surface area contributed by atoms with E-state index in [1.54, 1.807) is 11.3 Å². The van der Waals surface area contributed by atoms with Gasteiger partial charge in [-0.1, -0.05) is 13.8 Å². The number of nitrogens with one attached hydrogen (secondary N) is 1. The van der Waals surface area contributed by atoms with Gasteiger partial charge in [-0.3, -0.25) is 0 Å². The molecule has 0 aliphatic rings. The minimum absolute atomic E-state index is 0.177. The van der Waals surface area contributed by atoms with Crippen LogP contribution in [0, 0.1) is 12.8 Å². The number of aliphatic hydroxyl groups excluding tert-OH is 1. The molecule has 2 N–H and O–H groups in total. The van der Waals surface area contributed by atoms with Crippen LogP contribution < -0.4 is 5.32 Å². The van der Waals surface area contributed by atoms with Gasteiger partial charge < -0.3 is 10.4 Å².